The van der Waals surface area contributed by atoms with Gasteiger partial charge in [0.25, 0.3) is 10.0 Å². The van der Waals surface area contributed by atoms with E-state index < -0.39 is 15.8 Å². The molecular formula is C14H15FN6O2S. The number of anilines is 1. The summed E-state index contributed by atoms with van der Waals surface area (Å²) in [6.07, 6.45) is 4.32. The Morgan fingerprint density at radius 2 is 2.08 bits per heavy atom. The minimum absolute atomic E-state index is 0.0650. The van der Waals surface area contributed by atoms with E-state index in [1.165, 1.54) is 21.5 Å². The second kappa shape index (κ2) is 6.04. The number of hydrogen-bond acceptors (Lipinski definition) is 5. The molecule has 0 amide bonds. The van der Waals surface area contributed by atoms with Crippen molar-refractivity contribution in [3.8, 4) is 5.69 Å². The Labute approximate surface area is 138 Å². The summed E-state index contributed by atoms with van der Waals surface area (Å²) in [5, 5.41) is 11.4. The molecule has 0 radical (unpaired) electrons. The minimum atomic E-state index is -4.00. The highest BCUT2D eigenvalue weighted by molar-refractivity contribution is 7.92. The summed E-state index contributed by atoms with van der Waals surface area (Å²) in [7, 11) is -4.00. The fourth-order valence-electron chi connectivity index (χ4n) is 2.18. The summed E-state index contributed by atoms with van der Waals surface area (Å²) in [5.74, 6) is -0.570. The van der Waals surface area contributed by atoms with Gasteiger partial charge in [0, 0.05) is 24.5 Å². The molecule has 0 unspecified atom stereocenters. The number of rotatable bonds is 5. The molecule has 2 heterocycles. The van der Waals surface area contributed by atoms with Crippen LogP contribution in [0.5, 0.6) is 0 Å². The fraction of sp³-hybridized carbons (Fsp3) is 0.214. The lowest BCUT2D eigenvalue weighted by Gasteiger charge is -2.14. The van der Waals surface area contributed by atoms with Crippen molar-refractivity contribution in [1.29, 1.82) is 0 Å². The molecule has 0 saturated carbocycles. The third-order valence-corrected chi connectivity index (χ3v) is 4.59. The predicted octanol–water partition coefficient (Wildman–Crippen LogP) is 1.98. The van der Waals surface area contributed by atoms with Crippen LogP contribution in [-0.2, 0) is 10.0 Å². The molecule has 0 fully saturated rings. The zero-order chi connectivity index (χ0) is 17.3. The van der Waals surface area contributed by atoms with Gasteiger partial charge < -0.3 is 0 Å². The van der Waals surface area contributed by atoms with Crippen molar-refractivity contribution >= 4 is 15.7 Å². The largest absolute Gasteiger partial charge is 0.280 e. The molecule has 1 N–H and O–H groups in total. The maximum Gasteiger partial charge on any atom is 0.280 e. The minimum Gasteiger partial charge on any atom is -0.276 e. The Morgan fingerprint density at radius 1 is 1.29 bits per heavy atom. The molecule has 24 heavy (non-hydrogen) atoms. The number of sulfonamides is 1. The van der Waals surface area contributed by atoms with E-state index in [9.17, 15) is 12.8 Å². The Kier molecular flexibility index (Phi) is 4.06. The van der Waals surface area contributed by atoms with E-state index in [1.807, 2.05) is 0 Å². The molecule has 0 aliphatic heterocycles. The van der Waals surface area contributed by atoms with Crippen molar-refractivity contribution in [2.45, 2.75) is 24.9 Å². The van der Waals surface area contributed by atoms with Gasteiger partial charge in [-0.25, -0.2) is 13.8 Å². The molecule has 1 aromatic carbocycles. The van der Waals surface area contributed by atoms with E-state index in [0.29, 0.717) is 5.69 Å². The summed E-state index contributed by atoms with van der Waals surface area (Å²) in [4.78, 5) is 0. The molecular weight excluding hydrogens is 335 g/mol. The number of hydrogen-bond donors (Lipinski definition) is 1. The standard InChI is InChI=1S/C14H15FN6O2S/c1-10(2)21-14(9-16-19-21)24(22,23)18-12-8-11(15)4-5-13(12)20-7-3-6-17-20/h3-10,18H,1-2H3. The Morgan fingerprint density at radius 3 is 2.75 bits per heavy atom. The topological polar surface area (TPSA) is 94.7 Å². The van der Waals surface area contributed by atoms with Gasteiger partial charge in [-0.05, 0) is 32.0 Å². The van der Waals surface area contributed by atoms with E-state index in [0.717, 1.165) is 12.3 Å². The van der Waals surface area contributed by atoms with Crippen molar-refractivity contribution in [2.24, 2.45) is 0 Å². The average molecular weight is 350 g/mol. The number of aromatic nitrogens is 5. The first-order chi connectivity index (χ1) is 11.4. The first-order valence-corrected chi connectivity index (χ1v) is 8.59. The Balaban J connectivity index is 2.05. The summed E-state index contributed by atoms with van der Waals surface area (Å²) < 4.78 is 44.0. The first kappa shape index (κ1) is 16.1. The van der Waals surface area contributed by atoms with Crippen molar-refractivity contribution in [1.82, 2.24) is 24.8 Å². The van der Waals surface area contributed by atoms with Crippen LogP contribution in [0.4, 0.5) is 10.1 Å². The van der Waals surface area contributed by atoms with Gasteiger partial charge in [0.15, 0.2) is 5.03 Å². The molecule has 3 rings (SSSR count). The number of benzene rings is 1. The summed E-state index contributed by atoms with van der Waals surface area (Å²) in [5.41, 5.74) is 0.462. The second-order valence-electron chi connectivity index (χ2n) is 5.33. The highest BCUT2D eigenvalue weighted by Crippen LogP contribution is 2.24. The van der Waals surface area contributed by atoms with Crippen LogP contribution in [0, 0.1) is 5.82 Å². The average Bonchev–Trinajstić information content (AvgIpc) is 3.19. The monoisotopic (exact) mass is 350 g/mol. The maximum atomic E-state index is 13.6. The van der Waals surface area contributed by atoms with Crippen LogP contribution in [0.25, 0.3) is 5.69 Å². The van der Waals surface area contributed by atoms with Gasteiger partial charge in [-0.15, -0.1) is 5.10 Å². The van der Waals surface area contributed by atoms with Crippen molar-refractivity contribution < 1.29 is 12.8 Å². The molecule has 0 aliphatic rings. The third-order valence-electron chi connectivity index (χ3n) is 3.26. The summed E-state index contributed by atoms with van der Waals surface area (Å²) in [6, 6.07) is 5.25. The van der Waals surface area contributed by atoms with Gasteiger partial charge in [-0.2, -0.15) is 13.5 Å². The molecule has 0 spiro atoms. The maximum absolute atomic E-state index is 13.6. The van der Waals surface area contributed by atoms with Gasteiger partial charge in [-0.3, -0.25) is 4.72 Å². The van der Waals surface area contributed by atoms with Gasteiger partial charge in [0.1, 0.15) is 5.82 Å². The van der Waals surface area contributed by atoms with Gasteiger partial charge in [0.2, 0.25) is 0 Å². The van der Waals surface area contributed by atoms with Crippen LogP contribution in [0.15, 0.2) is 47.9 Å². The van der Waals surface area contributed by atoms with Crippen LogP contribution in [0.2, 0.25) is 0 Å². The molecule has 0 atom stereocenters. The van der Waals surface area contributed by atoms with Gasteiger partial charge >= 0.3 is 0 Å². The quantitative estimate of drug-likeness (QED) is 0.759. The summed E-state index contributed by atoms with van der Waals surface area (Å²) >= 11 is 0. The SMILES string of the molecule is CC(C)n1nncc1S(=O)(=O)Nc1cc(F)ccc1-n1cccn1. The van der Waals surface area contributed by atoms with E-state index in [2.05, 4.69) is 20.1 Å². The smallest absolute Gasteiger partial charge is 0.276 e. The lowest BCUT2D eigenvalue weighted by atomic mass is 10.2. The molecule has 10 heteroatoms. The number of nitrogens with zero attached hydrogens (tertiary/aromatic N) is 5. The molecule has 2 aromatic heterocycles. The normalized spacial score (nSPS) is 11.8. The van der Waals surface area contributed by atoms with Crippen molar-refractivity contribution in [2.75, 3.05) is 4.72 Å². The summed E-state index contributed by atoms with van der Waals surface area (Å²) in [6.45, 7) is 3.57. The van der Waals surface area contributed by atoms with Crippen molar-refractivity contribution in [3.05, 3.63) is 48.7 Å². The number of nitrogens with one attached hydrogen (secondary N) is 1. The number of halogens is 1. The lowest BCUT2D eigenvalue weighted by Crippen LogP contribution is -2.20. The van der Waals surface area contributed by atoms with Gasteiger partial charge in [0.05, 0.1) is 17.6 Å². The van der Waals surface area contributed by atoms with E-state index >= 15 is 0 Å². The molecule has 8 nitrogen and oxygen atoms in total. The van der Waals surface area contributed by atoms with E-state index in [-0.39, 0.29) is 16.8 Å². The predicted molar refractivity (Wildman–Crippen MR) is 84.7 cm³/mol. The second-order valence-corrected chi connectivity index (χ2v) is 6.96. The molecule has 0 bridgehead atoms. The fourth-order valence-corrected chi connectivity index (χ4v) is 3.42. The van der Waals surface area contributed by atoms with Crippen LogP contribution in [0.1, 0.15) is 19.9 Å². The molecule has 126 valence electrons. The molecule has 0 aliphatic carbocycles. The Hall–Kier alpha value is -2.75. The zero-order valence-electron chi connectivity index (χ0n) is 13.0. The van der Waals surface area contributed by atoms with Crippen LogP contribution >= 0.6 is 0 Å². The highest BCUT2D eigenvalue weighted by atomic mass is 32.2. The Bertz CT molecular complexity index is 950. The van der Waals surface area contributed by atoms with Crippen LogP contribution in [0.3, 0.4) is 0 Å². The van der Waals surface area contributed by atoms with Crippen LogP contribution < -0.4 is 4.72 Å². The van der Waals surface area contributed by atoms with Gasteiger partial charge in [-0.1, -0.05) is 5.21 Å². The first-order valence-electron chi connectivity index (χ1n) is 7.11. The molecule has 3 aromatic rings. The molecule has 0 saturated heterocycles. The van der Waals surface area contributed by atoms with Crippen LogP contribution in [-0.4, -0.2) is 33.2 Å². The van der Waals surface area contributed by atoms with E-state index in [1.54, 1.807) is 32.3 Å². The zero-order valence-corrected chi connectivity index (χ0v) is 13.8. The lowest BCUT2D eigenvalue weighted by molar-refractivity contribution is 0.468. The van der Waals surface area contributed by atoms with Crippen molar-refractivity contribution in [3.63, 3.8) is 0 Å². The van der Waals surface area contributed by atoms with E-state index in [4.69, 9.17) is 0 Å². The third kappa shape index (κ3) is 3.00. The highest BCUT2D eigenvalue weighted by Gasteiger charge is 2.23.